The fraction of sp³-hybridized carbons (Fsp3) is 0.214. The molecule has 6 heteroatoms. The summed E-state index contributed by atoms with van der Waals surface area (Å²) in [5.41, 5.74) is 2.91. The molecule has 0 atom stereocenters. The molecule has 2 aromatic heterocycles. The molecule has 3 aromatic rings. The third kappa shape index (κ3) is 2.92. The van der Waals surface area contributed by atoms with Crippen LogP contribution in [0.15, 0.2) is 49.1 Å². The minimum atomic E-state index is 0.690. The number of aromatic amines is 1. The van der Waals surface area contributed by atoms with E-state index in [1.165, 1.54) is 0 Å². The summed E-state index contributed by atoms with van der Waals surface area (Å²) in [5.74, 6) is 0. The first-order valence-corrected chi connectivity index (χ1v) is 6.55. The smallest absolute Gasteiger partial charge is 0.117 e. The first-order valence-electron chi connectivity index (χ1n) is 6.55. The minimum Gasteiger partial charge on any atom is -0.336 e. The van der Waals surface area contributed by atoms with E-state index in [0.717, 1.165) is 30.0 Å². The number of H-pyrrole nitrogens is 1. The van der Waals surface area contributed by atoms with Crippen molar-refractivity contribution in [1.29, 1.82) is 0 Å². The normalized spacial score (nSPS) is 10.8. The molecule has 20 heavy (non-hydrogen) atoms. The van der Waals surface area contributed by atoms with Crippen LogP contribution in [0.4, 0.5) is 0 Å². The number of hydrogen-bond donors (Lipinski definition) is 2. The van der Waals surface area contributed by atoms with Gasteiger partial charge in [0.15, 0.2) is 0 Å². The van der Waals surface area contributed by atoms with Crippen molar-refractivity contribution in [2.24, 2.45) is 0 Å². The predicted octanol–water partition coefficient (Wildman–Crippen LogP) is 1.46. The molecule has 2 N–H and O–H groups in total. The summed E-state index contributed by atoms with van der Waals surface area (Å²) in [6.07, 6.45) is 5.55. The number of nitrogens with one attached hydrogen (secondary N) is 2. The van der Waals surface area contributed by atoms with Crippen molar-refractivity contribution in [2.45, 2.75) is 13.1 Å². The first kappa shape index (κ1) is 12.6. The largest absolute Gasteiger partial charge is 0.336 e. The molecule has 0 aliphatic rings. The zero-order valence-corrected chi connectivity index (χ0v) is 11.0. The topological polar surface area (TPSA) is 71.4 Å². The quantitative estimate of drug-likeness (QED) is 0.664. The third-order valence-electron chi connectivity index (χ3n) is 3.07. The lowest BCUT2D eigenvalue weighted by atomic mass is 10.1. The molecule has 0 aliphatic heterocycles. The summed E-state index contributed by atoms with van der Waals surface area (Å²) >= 11 is 0. The SMILES string of the molecule is c1ccc(-c2n[nH]nc2CNCCn2ccnc2)cc1. The van der Waals surface area contributed by atoms with E-state index in [2.05, 4.69) is 25.7 Å². The van der Waals surface area contributed by atoms with Crippen LogP contribution in [0.3, 0.4) is 0 Å². The van der Waals surface area contributed by atoms with Crippen LogP contribution in [0, 0.1) is 0 Å². The van der Waals surface area contributed by atoms with Gasteiger partial charge in [-0.1, -0.05) is 30.3 Å². The Morgan fingerprint density at radius 2 is 2.05 bits per heavy atom. The number of hydrogen-bond acceptors (Lipinski definition) is 4. The second-order valence-electron chi connectivity index (χ2n) is 4.46. The van der Waals surface area contributed by atoms with Crippen molar-refractivity contribution in [2.75, 3.05) is 6.54 Å². The number of benzene rings is 1. The highest BCUT2D eigenvalue weighted by Crippen LogP contribution is 2.18. The van der Waals surface area contributed by atoms with Gasteiger partial charge < -0.3 is 9.88 Å². The van der Waals surface area contributed by atoms with E-state index in [9.17, 15) is 0 Å². The Kier molecular flexibility index (Phi) is 3.84. The van der Waals surface area contributed by atoms with Gasteiger partial charge in [-0.25, -0.2) is 4.98 Å². The van der Waals surface area contributed by atoms with Crippen LogP contribution in [0.1, 0.15) is 5.69 Å². The molecular formula is C14H16N6. The molecule has 0 saturated carbocycles. The van der Waals surface area contributed by atoms with Gasteiger partial charge in [-0.3, -0.25) is 0 Å². The molecule has 0 spiro atoms. The maximum atomic E-state index is 4.22. The summed E-state index contributed by atoms with van der Waals surface area (Å²) in [6, 6.07) is 10.1. The van der Waals surface area contributed by atoms with Crippen LogP contribution in [0.5, 0.6) is 0 Å². The van der Waals surface area contributed by atoms with E-state index in [0.29, 0.717) is 6.54 Å². The van der Waals surface area contributed by atoms with Crippen LogP contribution >= 0.6 is 0 Å². The number of aromatic nitrogens is 5. The van der Waals surface area contributed by atoms with Gasteiger partial charge in [-0.2, -0.15) is 15.4 Å². The van der Waals surface area contributed by atoms with Crippen LogP contribution in [-0.2, 0) is 13.1 Å². The fourth-order valence-corrected chi connectivity index (χ4v) is 2.04. The first-order chi connectivity index (χ1) is 9.93. The highest BCUT2D eigenvalue weighted by Gasteiger charge is 2.08. The fourth-order valence-electron chi connectivity index (χ4n) is 2.04. The van der Waals surface area contributed by atoms with Crippen LogP contribution in [0.25, 0.3) is 11.3 Å². The molecule has 0 aliphatic carbocycles. The molecule has 0 bridgehead atoms. The molecule has 0 radical (unpaired) electrons. The van der Waals surface area contributed by atoms with Gasteiger partial charge >= 0.3 is 0 Å². The van der Waals surface area contributed by atoms with Crippen molar-refractivity contribution >= 4 is 0 Å². The summed E-state index contributed by atoms with van der Waals surface area (Å²) in [6.45, 7) is 2.44. The Bertz CT molecular complexity index is 629. The second-order valence-corrected chi connectivity index (χ2v) is 4.46. The van der Waals surface area contributed by atoms with Crippen LogP contribution < -0.4 is 5.32 Å². The molecule has 102 valence electrons. The van der Waals surface area contributed by atoms with Gasteiger partial charge in [0.05, 0.1) is 6.33 Å². The van der Waals surface area contributed by atoms with Crippen molar-refractivity contribution in [3.63, 3.8) is 0 Å². The van der Waals surface area contributed by atoms with Crippen molar-refractivity contribution < 1.29 is 0 Å². The molecule has 2 heterocycles. The molecule has 0 amide bonds. The van der Waals surface area contributed by atoms with Gasteiger partial charge in [0.2, 0.25) is 0 Å². The van der Waals surface area contributed by atoms with E-state index in [4.69, 9.17) is 0 Å². The summed E-state index contributed by atoms with van der Waals surface area (Å²) in [7, 11) is 0. The van der Waals surface area contributed by atoms with E-state index >= 15 is 0 Å². The summed E-state index contributed by atoms with van der Waals surface area (Å²) in [5, 5.41) is 14.5. The third-order valence-corrected chi connectivity index (χ3v) is 3.07. The summed E-state index contributed by atoms with van der Waals surface area (Å²) in [4.78, 5) is 4.01. The minimum absolute atomic E-state index is 0.690. The van der Waals surface area contributed by atoms with Crippen LogP contribution in [-0.4, -0.2) is 31.5 Å². The van der Waals surface area contributed by atoms with Gasteiger partial charge in [0.1, 0.15) is 11.4 Å². The van der Waals surface area contributed by atoms with Crippen molar-refractivity contribution in [3.05, 3.63) is 54.7 Å². The maximum absolute atomic E-state index is 4.22. The highest BCUT2D eigenvalue weighted by atomic mass is 15.3. The zero-order valence-electron chi connectivity index (χ0n) is 11.0. The average Bonchev–Trinajstić information content (AvgIpc) is 3.16. The van der Waals surface area contributed by atoms with E-state index in [1.807, 2.05) is 47.4 Å². The van der Waals surface area contributed by atoms with E-state index < -0.39 is 0 Å². The lowest BCUT2D eigenvalue weighted by Gasteiger charge is -2.05. The lowest BCUT2D eigenvalue weighted by molar-refractivity contribution is 0.592. The van der Waals surface area contributed by atoms with Gasteiger partial charge in [-0.15, -0.1) is 0 Å². The van der Waals surface area contributed by atoms with Gasteiger partial charge in [0, 0.05) is 37.6 Å². The Hall–Kier alpha value is -2.47. The van der Waals surface area contributed by atoms with Gasteiger partial charge in [-0.05, 0) is 0 Å². The average molecular weight is 268 g/mol. The second kappa shape index (κ2) is 6.12. The Morgan fingerprint density at radius 3 is 2.85 bits per heavy atom. The molecule has 0 fully saturated rings. The number of rotatable bonds is 6. The molecule has 0 unspecified atom stereocenters. The summed E-state index contributed by atoms with van der Waals surface area (Å²) < 4.78 is 2.04. The number of nitrogens with zero attached hydrogens (tertiary/aromatic N) is 4. The van der Waals surface area contributed by atoms with Gasteiger partial charge in [0.25, 0.3) is 0 Å². The molecule has 0 saturated heterocycles. The standard InChI is InChI=1S/C14H16N6/c1-2-4-12(5-3-1)14-13(17-19-18-14)10-15-6-8-20-9-7-16-11-20/h1-5,7,9,11,15H,6,8,10H2,(H,17,18,19). The number of imidazole rings is 1. The van der Waals surface area contributed by atoms with E-state index in [1.54, 1.807) is 6.20 Å². The highest BCUT2D eigenvalue weighted by molar-refractivity contribution is 5.60. The monoisotopic (exact) mass is 268 g/mol. The Balaban J connectivity index is 1.57. The molecule has 3 rings (SSSR count). The lowest BCUT2D eigenvalue weighted by Crippen LogP contribution is -2.19. The Labute approximate surface area is 116 Å². The van der Waals surface area contributed by atoms with Crippen molar-refractivity contribution in [1.82, 2.24) is 30.3 Å². The molecule has 6 nitrogen and oxygen atoms in total. The van der Waals surface area contributed by atoms with Crippen LogP contribution in [0.2, 0.25) is 0 Å². The maximum Gasteiger partial charge on any atom is 0.117 e. The molecule has 1 aromatic carbocycles. The van der Waals surface area contributed by atoms with E-state index in [-0.39, 0.29) is 0 Å². The Morgan fingerprint density at radius 1 is 1.15 bits per heavy atom. The van der Waals surface area contributed by atoms with Crippen molar-refractivity contribution in [3.8, 4) is 11.3 Å². The predicted molar refractivity (Wildman–Crippen MR) is 75.8 cm³/mol. The molecular weight excluding hydrogens is 252 g/mol. The zero-order chi connectivity index (χ0) is 13.6.